The van der Waals surface area contributed by atoms with E-state index in [2.05, 4.69) is 4.98 Å². The number of aliphatic hydroxyl groups is 2. The van der Waals surface area contributed by atoms with Crippen molar-refractivity contribution < 1.29 is 19.7 Å². The first-order valence-electron chi connectivity index (χ1n) is 4.95. The summed E-state index contributed by atoms with van der Waals surface area (Å²) < 4.78 is 12.5. The van der Waals surface area contributed by atoms with E-state index in [1.807, 2.05) is 0 Å². The first-order chi connectivity index (χ1) is 7.70. The summed E-state index contributed by atoms with van der Waals surface area (Å²) in [4.78, 5) is 3.88. The molecule has 3 heterocycles. The fourth-order valence-electron chi connectivity index (χ4n) is 2.04. The van der Waals surface area contributed by atoms with E-state index < -0.39 is 24.5 Å². The number of ether oxygens (including phenoxy) is 2. The minimum Gasteiger partial charge on any atom is -0.454 e. The van der Waals surface area contributed by atoms with Gasteiger partial charge in [-0.25, -0.2) is 0 Å². The Kier molecular flexibility index (Phi) is 2.00. The summed E-state index contributed by atoms with van der Waals surface area (Å²) in [6.45, 7) is -0.253. The predicted molar refractivity (Wildman–Crippen MR) is 49.5 cm³/mol. The summed E-state index contributed by atoms with van der Waals surface area (Å²) >= 11 is 0. The van der Waals surface area contributed by atoms with Gasteiger partial charge < -0.3 is 19.7 Å². The Morgan fingerprint density at radius 2 is 2.38 bits per heavy atom. The Hall–Kier alpha value is -1.44. The van der Waals surface area contributed by atoms with Crippen LogP contribution in [0, 0.1) is 5.41 Å². The van der Waals surface area contributed by atoms with Crippen molar-refractivity contribution >= 4 is 0 Å². The molecule has 1 fully saturated rings. The van der Waals surface area contributed by atoms with Crippen LogP contribution in [0.4, 0.5) is 0 Å². The molecule has 1 aromatic heterocycles. The second-order valence-corrected chi connectivity index (χ2v) is 3.82. The smallest absolute Gasteiger partial charge is 0.301 e. The third-order valence-corrected chi connectivity index (χ3v) is 2.84. The Morgan fingerprint density at radius 1 is 1.56 bits per heavy atom. The van der Waals surface area contributed by atoms with Crippen LogP contribution in [0.1, 0.15) is 6.23 Å². The Balaban J connectivity index is 1.99. The van der Waals surface area contributed by atoms with Crippen LogP contribution in [0.2, 0.25) is 0 Å². The van der Waals surface area contributed by atoms with Gasteiger partial charge in [-0.2, -0.15) is 4.98 Å². The lowest BCUT2D eigenvalue weighted by molar-refractivity contribution is -0.0434. The number of fused-ring (bicyclic) bond motifs is 3. The molecular weight excluding hydrogens is 214 g/mol. The van der Waals surface area contributed by atoms with E-state index in [1.54, 1.807) is 10.8 Å². The van der Waals surface area contributed by atoms with Crippen molar-refractivity contribution in [2.45, 2.75) is 24.5 Å². The second-order valence-electron chi connectivity index (χ2n) is 3.82. The molecular formula is C9H11N3O4. The summed E-state index contributed by atoms with van der Waals surface area (Å²) in [7, 11) is 0. The van der Waals surface area contributed by atoms with Crippen molar-refractivity contribution in [3.8, 4) is 6.01 Å². The summed E-state index contributed by atoms with van der Waals surface area (Å²) in [6.07, 6.45) is -0.930. The molecule has 1 saturated heterocycles. The summed E-state index contributed by atoms with van der Waals surface area (Å²) in [5.74, 6) is 0. The molecule has 1 aromatic rings. The summed E-state index contributed by atoms with van der Waals surface area (Å²) in [5.41, 5.74) is 0.0967. The standard InChI is InChI=1S/C9H11N3O4/c10-5-1-2-12-8-7(16-9(12)11-5)6(14)4(3-13)15-8/h1-2,4,6-8,10,13-14H,3H2/t4-,6-,7-,8+/m1/s1. The Labute approximate surface area is 90.4 Å². The van der Waals surface area contributed by atoms with E-state index in [9.17, 15) is 5.11 Å². The number of nitrogens with zero attached hydrogens (tertiary/aromatic N) is 2. The van der Waals surface area contributed by atoms with Gasteiger partial charge in [0.05, 0.1) is 6.61 Å². The van der Waals surface area contributed by atoms with Crippen LogP contribution in [-0.2, 0) is 4.74 Å². The molecule has 3 N–H and O–H groups in total. The van der Waals surface area contributed by atoms with Crippen LogP contribution in [-0.4, -0.2) is 44.7 Å². The van der Waals surface area contributed by atoms with E-state index in [0.29, 0.717) is 0 Å². The molecule has 7 nitrogen and oxygen atoms in total. The molecule has 7 heteroatoms. The molecule has 0 saturated carbocycles. The van der Waals surface area contributed by atoms with Gasteiger partial charge in [0, 0.05) is 6.20 Å². The topological polar surface area (TPSA) is 101 Å². The first kappa shape index (κ1) is 9.76. The van der Waals surface area contributed by atoms with Gasteiger partial charge in [-0.1, -0.05) is 0 Å². The third-order valence-electron chi connectivity index (χ3n) is 2.84. The molecule has 0 radical (unpaired) electrons. The molecule has 2 aliphatic heterocycles. The van der Waals surface area contributed by atoms with Crippen molar-refractivity contribution in [1.82, 2.24) is 9.55 Å². The van der Waals surface area contributed by atoms with Crippen LogP contribution in [0.25, 0.3) is 0 Å². The van der Waals surface area contributed by atoms with Crippen molar-refractivity contribution in [3.63, 3.8) is 0 Å². The second kappa shape index (κ2) is 3.27. The molecule has 4 atom stereocenters. The van der Waals surface area contributed by atoms with Gasteiger partial charge in [-0.15, -0.1) is 0 Å². The average Bonchev–Trinajstić information content (AvgIpc) is 2.75. The molecule has 0 amide bonds. The van der Waals surface area contributed by atoms with E-state index >= 15 is 0 Å². The van der Waals surface area contributed by atoms with Crippen molar-refractivity contribution in [2.24, 2.45) is 0 Å². The molecule has 2 aliphatic rings. The van der Waals surface area contributed by atoms with E-state index in [4.69, 9.17) is 20.0 Å². The number of hydrogen-bond donors (Lipinski definition) is 3. The highest BCUT2D eigenvalue weighted by Gasteiger charge is 2.50. The molecule has 16 heavy (non-hydrogen) atoms. The fourth-order valence-corrected chi connectivity index (χ4v) is 2.04. The maximum absolute atomic E-state index is 9.80. The van der Waals surface area contributed by atoms with Crippen LogP contribution in [0.15, 0.2) is 12.3 Å². The maximum Gasteiger partial charge on any atom is 0.301 e. The normalized spacial score (nSPS) is 35.6. The number of aliphatic hydroxyl groups excluding tert-OH is 2. The van der Waals surface area contributed by atoms with Gasteiger partial charge in [-0.05, 0) is 6.07 Å². The number of nitrogens with one attached hydrogen (secondary N) is 1. The van der Waals surface area contributed by atoms with Gasteiger partial charge in [-0.3, -0.25) is 9.98 Å². The van der Waals surface area contributed by atoms with Gasteiger partial charge in [0.1, 0.15) is 12.2 Å². The number of rotatable bonds is 1. The van der Waals surface area contributed by atoms with E-state index in [-0.39, 0.29) is 18.1 Å². The highest BCUT2D eigenvalue weighted by Crippen LogP contribution is 2.38. The van der Waals surface area contributed by atoms with Crippen LogP contribution >= 0.6 is 0 Å². The van der Waals surface area contributed by atoms with Gasteiger partial charge in [0.15, 0.2) is 17.8 Å². The molecule has 0 bridgehead atoms. The largest absolute Gasteiger partial charge is 0.454 e. The van der Waals surface area contributed by atoms with Crippen molar-refractivity contribution in [2.75, 3.05) is 6.61 Å². The van der Waals surface area contributed by atoms with Crippen molar-refractivity contribution in [3.05, 3.63) is 17.8 Å². The lowest BCUT2D eigenvalue weighted by atomic mass is 10.1. The van der Waals surface area contributed by atoms with Gasteiger partial charge in [0.2, 0.25) is 0 Å². The molecule has 0 aliphatic carbocycles. The van der Waals surface area contributed by atoms with E-state index in [0.717, 1.165) is 0 Å². The highest BCUT2D eigenvalue weighted by molar-refractivity contribution is 5.10. The SMILES string of the molecule is N=c1ccn2c(n1)O[C@@H]1[C@H](O)[C@@H](CO)O[C@@H]12. The quantitative estimate of drug-likeness (QED) is 0.533. The fraction of sp³-hybridized carbons (Fsp3) is 0.556. The molecule has 0 aromatic carbocycles. The van der Waals surface area contributed by atoms with E-state index in [1.165, 1.54) is 6.07 Å². The molecule has 3 rings (SSSR count). The zero-order valence-corrected chi connectivity index (χ0v) is 8.28. The van der Waals surface area contributed by atoms with Crippen LogP contribution in [0.5, 0.6) is 6.01 Å². The summed E-state index contributed by atoms with van der Waals surface area (Å²) in [6, 6.07) is 1.77. The van der Waals surface area contributed by atoms with Gasteiger partial charge >= 0.3 is 6.01 Å². The lowest BCUT2D eigenvalue weighted by Gasteiger charge is -2.14. The minimum absolute atomic E-state index is 0.0967. The Morgan fingerprint density at radius 3 is 3.12 bits per heavy atom. The Bertz CT molecular complexity index is 474. The third kappa shape index (κ3) is 1.19. The molecule has 0 spiro atoms. The zero-order valence-electron chi connectivity index (χ0n) is 8.28. The lowest BCUT2D eigenvalue weighted by Crippen LogP contribution is -2.34. The summed E-state index contributed by atoms with van der Waals surface area (Å²) in [5, 5.41) is 26.1. The highest BCUT2D eigenvalue weighted by atomic mass is 16.6. The predicted octanol–water partition coefficient (Wildman–Crippen LogP) is -1.63. The molecule has 0 unspecified atom stereocenters. The zero-order chi connectivity index (χ0) is 11.3. The molecule has 86 valence electrons. The minimum atomic E-state index is -0.883. The number of hydrogen-bond acceptors (Lipinski definition) is 6. The van der Waals surface area contributed by atoms with Crippen LogP contribution in [0.3, 0.4) is 0 Å². The van der Waals surface area contributed by atoms with Crippen molar-refractivity contribution in [1.29, 1.82) is 5.41 Å². The maximum atomic E-state index is 9.80. The number of aromatic nitrogens is 2. The van der Waals surface area contributed by atoms with Gasteiger partial charge in [0.25, 0.3) is 0 Å². The average molecular weight is 225 g/mol. The monoisotopic (exact) mass is 225 g/mol. The first-order valence-corrected chi connectivity index (χ1v) is 4.95. The van der Waals surface area contributed by atoms with Crippen LogP contribution < -0.4 is 10.2 Å².